The summed E-state index contributed by atoms with van der Waals surface area (Å²) in [5.74, 6) is 0. The molecular formula is C15H18N2O2S2. The second-order valence-electron chi connectivity index (χ2n) is 4.75. The van der Waals surface area contributed by atoms with Gasteiger partial charge in [-0.15, -0.1) is 0 Å². The van der Waals surface area contributed by atoms with Crippen LogP contribution < -0.4 is 0 Å². The first kappa shape index (κ1) is 14.7. The number of morpholine rings is 1. The van der Waals surface area contributed by atoms with Crippen LogP contribution in [0.3, 0.4) is 0 Å². The van der Waals surface area contributed by atoms with E-state index in [0.717, 1.165) is 49.7 Å². The Morgan fingerprint density at radius 1 is 1.14 bits per heavy atom. The van der Waals surface area contributed by atoms with E-state index in [1.54, 1.807) is 22.7 Å². The maximum atomic E-state index is 5.56. The molecule has 0 unspecified atom stereocenters. The fourth-order valence-corrected chi connectivity index (χ4v) is 3.46. The van der Waals surface area contributed by atoms with E-state index >= 15 is 0 Å². The van der Waals surface area contributed by atoms with Crippen molar-refractivity contribution in [1.29, 1.82) is 0 Å². The third-order valence-corrected chi connectivity index (χ3v) is 4.71. The van der Waals surface area contributed by atoms with Gasteiger partial charge in [-0.1, -0.05) is 5.16 Å². The van der Waals surface area contributed by atoms with E-state index in [1.807, 2.05) is 0 Å². The number of hydrogen-bond acceptors (Lipinski definition) is 6. The van der Waals surface area contributed by atoms with Crippen LogP contribution in [0, 0.1) is 0 Å². The molecule has 0 amide bonds. The molecule has 0 N–H and O–H groups in total. The second kappa shape index (κ2) is 7.70. The molecule has 6 heteroatoms. The van der Waals surface area contributed by atoms with Gasteiger partial charge in [0.25, 0.3) is 0 Å². The Balaban J connectivity index is 1.58. The molecule has 112 valence electrons. The highest BCUT2D eigenvalue weighted by molar-refractivity contribution is 7.08. The topological polar surface area (TPSA) is 34.1 Å². The summed E-state index contributed by atoms with van der Waals surface area (Å²) in [7, 11) is 0. The molecule has 1 saturated heterocycles. The van der Waals surface area contributed by atoms with Crippen LogP contribution in [0.15, 0.2) is 38.8 Å². The van der Waals surface area contributed by atoms with Crippen molar-refractivity contribution in [2.45, 2.75) is 0 Å². The second-order valence-corrected chi connectivity index (χ2v) is 6.31. The minimum absolute atomic E-state index is 0.609. The summed E-state index contributed by atoms with van der Waals surface area (Å²) >= 11 is 3.34. The first-order chi connectivity index (χ1) is 10.4. The Kier molecular flexibility index (Phi) is 5.40. The van der Waals surface area contributed by atoms with Crippen molar-refractivity contribution in [3.63, 3.8) is 0 Å². The number of rotatable bonds is 6. The van der Waals surface area contributed by atoms with Crippen molar-refractivity contribution < 1.29 is 9.57 Å². The predicted molar refractivity (Wildman–Crippen MR) is 87.5 cm³/mol. The van der Waals surface area contributed by atoms with E-state index in [1.165, 1.54) is 0 Å². The molecule has 3 heterocycles. The average Bonchev–Trinajstić information content (AvgIpc) is 3.22. The molecule has 2 aromatic rings. The highest BCUT2D eigenvalue weighted by Gasteiger charge is 2.11. The summed E-state index contributed by atoms with van der Waals surface area (Å²) in [5, 5.41) is 12.7. The van der Waals surface area contributed by atoms with Gasteiger partial charge in [0.15, 0.2) is 0 Å². The molecular weight excluding hydrogens is 304 g/mol. The first-order valence-corrected chi connectivity index (χ1v) is 8.87. The van der Waals surface area contributed by atoms with Gasteiger partial charge in [0.05, 0.1) is 13.2 Å². The molecule has 1 aliphatic rings. The van der Waals surface area contributed by atoms with Gasteiger partial charge < -0.3 is 9.57 Å². The molecule has 4 nitrogen and oxygen atoms in total. The van der Waals surface area contributed by atoms with Gasteiger partial charge in [0, 0.05) is 41.5 Å². The number of ether oxygens (including phenoxy) is 1. The molecule has 2 aromatic heterocycles. The Labute approximate surface area is 132 Å². The maximum absolute atomic E-state index is 5.56. The Morgan fingerprint density at radius 2 is 1.81 bits per heavy atom. The minimum Gasteiger partial charge on any atom is -0.394 e. The number of oxime groups is 1. The van der Waals surface area contributed by atoms with Crippen molar-refractivity contribution >= 4 is 28.4 Å². The molecule has 0 radical (unpaired) electrons. The third kappa shape index (κ3) is 4.14. The smallest absolute Gasteiger partial charge is 0.129 e. The standard InChI is InChI=1S/C15H18N2O2S2/c1-9-20-11-13(1)15(14-2-10-21-12-14)16-19-8-5-17-3-6-18-7-4-17/h1-2,9-12H,3-8H2. The highest BCUT2D eigenvalue weighted by Crippen LogP contribution is 2.16. The van der Waals surface area contributed by atoms with Crippen LogP contribution in [-0.4, -0.2) is 50.1 Å². The fraction of sp³-hybridized carbons (Fsp3) is 0.400. The molecule has 1 aliphatic heterocycles. The van der Waals surface area contributed by atoms with Crippen molar-refractivity contribution in [3.05, 3.63) is 44.8 Å². The molecule has 21 heavy (non-hydrogen) atoms. The highest BCUT2D eigenvalue weighted by atomic mass is 32.1. The van der Waals surface area contributed by atoms with Gasteiger partial charge in [-0.25, -0.2) is 0 Å². The lowest BCUT2D eigenvalue weighted by molar-refractivity contribution is 0.0212. The van der Waals surface area contributed by atoms with Crippen LogP contribution in [0.1, 0.15) is 11.1 Å². The Hall–Kier alpha value is -1.21. The number of nitrogens with zero attached hydrogens (tertiary/aromatic N) is 2. The van der Waals surface area contributed by atoms with Crippen molar-refractivity contribution in [3.8, 4) is 0 Å². The molecule has 1 fully saturated rings. The van der Waals surface area contributed by atoms with Crippen LogP contribution in [0.2, 0.25) is 0 Å². The van der Waals surface area contributed by atoms with E-state index in [4.69, 9.17) is 9.57 Å². The van der Waals surface area contributed by atoms with Gasteiger partial charge in [0.2, 0.25) is 0 Å². The van der Waals surface area contributed by atoms with Gasteiger partial charge in [-0.05, 0) is 22.9 Å². The van der Waals surface area contributed by atoms with Crippen LogP contribution in [0.25, 0.3) is 0 Å². The summed E-state index contributed by atoms with van der Waals surface area (Å²) in [4.78, 5) is 7.90. The summed E-state index contributed by atoms with van der Waals surface area (Å²) in [6, 6.07) is 4.15. The van der Waals surface area contributed by atoms with E-state index in [2.05, 4.69) is 43.7 Å². The molecule has 0 spiro atoms. The van der Waals surface area contributed by atoms with E-state index in [9.17, 15) is 0 Å². The average molecular weight is 322 g/mol. The maximum Gasteiger partial charge on any atom is 0.129 e. The molecule has 0 aliphatic carbocycles. The largest absolute Gasteiger partial charge is 0.394 e. The van der Waals surface area contributed by atoms with Crippen LogP contribution >= 0.6 is 22.7 Å². The normalized spacial score (nSPS) is 15.8. The van der Waals surface area contributed by atoms with E-state index in [0.29, 0.717) is 6.61 Å². The lowest BCUT2D eigenvalue weighted by atomic mass is 10.1. The summed E-state index contributed by atoms with van der Waals surface area (Å²) < 4.78 is 5.33. The van der Waals surface area contributed by atoms with E-state index < -0.39 is 0 Å². The van der Waals surface area contributed by atoms with Gasteiger partial charge in [-0.3, -0.25) is 4.90 Å². The summed E-state index contributed by atoms with van der Waals surface area (Å²) in [6.45, 7) is 5.10. The molecule has 0 bridgehead atoms. The summed E-state index contributed by atoms with van der Waals surface area (Å²) in [6.07, 6.45) is 0. The zero-order valence-corrected chi connectivity index (χ0v) is 13.4. The number of hydrogen-bond donors (Lipinski definition) is 0. The monoisotopic (exact) mass is 322 g/mol. The minimum atomic E-state index is 0.609. The zero-order valence-electron chi connectivity index (χ0n) is 11.7. The van der Waals surface area contributed by atoms with Crippen LogP contribution in [0.4, 0.5) is 0 Å². The molecule has 3 rings (SSSR count). The van der Waals surface area contributed by atoms with Gasteiger partial charge >= 0.3 is 0 Å². The van der Waals surface area contributed by atoms with Crippen molar-refractivity contribution in [1.82, 2.24) is 4.90 Å². The van der Waals surface area contributed by atoms with E-state index in [-0.39, 0.29) is 0 Å². The Bertz CT molecular complexity index is 510. The fourth-order valence-electron chi connectivity index (χ4n) is 2.18. The molecule has 0 atom stereocenters. The third-order valence-electron chi connectivity index (χ3n) is 3.35. The van der Waals surface area contributed by atoms with Gasteiger partial charge in [-0.2, -0.15) is 22.7 Å². The van der Waals surface area contributed by atoms with Crippen LogP contribution in [0.5, 0.6) is 0 Å². The lowest BCUT2D eigenvalue weighted by Crippen LogP contribution is -2.38. The Morgan fingerprint density at radius 3 is 2.38 bits per heavy atom. The SMILES string of the molecule is c1cc(C(=NOCCN2CCOCC2)c2ccsc2)cs1. The zero-order chi connectivity index (χ0) is 14.3. The predicted octanol–water partition coefficient (Wildman–Crippen LogP) is 2.91. The lowest BCUT2D eigenvalue weighted by Gasteiger charge is -2.25. The van der Waals surface area contributed by atoms with Gasteiger partial charge in [0.1, 0.15) is 12.3 Å². The summed E-state index contributed by atoms with van der Waals surface area (Å²) in [5.41, 5.74) is 3.15. The van der Waals surface area contributed by atoms with Crippen LogP contribution in [-0.2, 0) is 9.57 Å². The van der Waals surface area contributed by atoms with Crippen molar-refractivity contribution in [2.24, 2.45) is 5.16 Å². The quantitative estimate of drug-likeness (QED) is 0.466. The number of thiophene rings is 2. The first-order valence-electron chi connectivity index (χ1n) is 6.99. The molecule has 0 aromatic carbocycles. The van der Waals surface area contributed by atoms with Crippen molar-refractivity contribution in [2.75, 3.05) is 39.5 Å². The molecule has 0 saturated carbocycles.